The first kappa shape index (κ1) is 33.6. The number of rotatable bonds is 10. The van der Waals surface area contributed by atoms with Crippen molar-refractivity contribution in [1.82, 2.24) is 19.7 Å². The zero-order valence-electron chi connectivity index (χ0n) is 27.8. The molecule has 0 aliphatic carbocycles. The predicted octanol–water partition coefficient (Wildman–Crippen LogP) is 6.98. The molecule has 0 spiro atoms. The van der Waals surface area contributed by atoms with Crippen LogP contribution in [0.5, 0.6) is 11.5 Å². The summed E-state index contributed by atoms with van der Waals surface area (Å²) >= 11 is 1.96. The Labute approximate surface area is 288 Å². The van der Waals surface area contributed by atoms with Crippen molar-refractivity contribution in [3.05, 3.63) is 90.4 Å². The van der Waals surface area contributed by atoms with E-state index >= 15 is 0 Å². The van der Waals surface area contributed by atoms with Crippen LogP contribution in [0.25, 0.3) is 16.6 Å². The summed E-state index contributed by atoms with van der Waals surface area (Å²) in [5, 5.41) is 14.1. The molecule has 3 aromatic heterocycles. The van der Waals surface area contributed by atoms with Gasteiger partial charge < -0.3 is 24.8 Å². The number of anilines is 3. The standard InChI is InChI=1S/C33H35N7O5.CH3I/c1-33(2,3)27-18-29(40(39-27)22-8-10-23(44-5)11-9-22)38-32(42)36-25-12-13-26(31-24(25)7-6-15-35-31)45-19-21-14-16-34-28(17-21)37-30(41)20-43-4;1-2/h6-18H,19-20H2,1-5H3,(H,34,37,41)(H2,36,38,42);1H3/i;1D. The molecule has 13 heteroatoms. The maximum Gasteiger partial charge on any atom is 0.324 e. The van der Waals surface area contributed by atoms with Crippen molar-refractivity contribution in [2.24, 2.45) is 0 Å². The molecule has 5 rings (SSSR count). The highest BCUT2D eigenvalue weighted by Crippen LogP contribution is 2.31. The van der Waals surface area contributed by atoms with Gasteiger partial charge in [0.25, 0.3) is 5.91 Å². The number of fused-ring (bicyclic) bond motifs is 1. The Bertz CT molecular complexity index is 1840. The fraction of sp³-hybridized carbons (Fsp3) is 0.265. The van der Waals surface area contributed by atoms with Gasteiger partial charge in [-0.2, -0.15) is 5.10 Å². The van der Waals surface area contributed by atoms with Gasteiger partial charge in [-0.05, 0) is 71.1 Å². The quantitative estimate of drug-likeness (QED) is 0.103. The highest BCUT2D eigenvalue weighted by atomic mass is 127. The number of pyridine rings is 2. The number of hydrogen-bond acceptors (Lipinski definition) is 8. The van der Waals surface area contributed by atoms with E-state index in [-0.39, 0.29) is 24.5 Å². The minimum absolute atomic E-state index is 0.0667. The number of ether oxygens (including phenoxy) is 3. The molecule has 0 atom stereocenters. The van der Waals surface area contributed by atoms with E-state index in [9.17, 15) is 9.59 Å². The number of carbonyl (C=O) groups is 2. The second kappa shape index (κ2) is 16.2. The van der Waals surface area contributed by atoms with Crippen molar-refractivity contribution in [2.75, 3.05) is 41.7 Å². The molecular weight excluding hydrogens is 713 g/mol. The Morgan fingerprint density at radius 3 is 2.43 bits per heavy atom. The molecule has 0 radical (unpaired) electrons. The summed E-state index contributed by atoms with van der Waals surface area (Å²) in [5.41, 5.74) is 3.29. The van der Waals surface area contributed by atoms with Crippen LogP contribution < -0.4 is 25.4 Å². The molecule has 0 saturated carbocycles. The van der Waals surface area contributed by atoms with E-state index in [4.69, 9.17) is 20.7 Å². The number of benzene rings is 2. The summed E-state index contributed by atoms with van der Waals surface area (Å²) in [5.74, 6) is 1.87. The average Bonchev–Trinajstić information content (AvgIpc) is 3.49. The van der Waals surface area contributed by atoms with Gasteiger partial charge in [-0.3, -0.25) is 15.1 Å². The number of hydrogen-bond donors (Lipinski definition) is 3. The maximum absolute atomic E-state index is 13.3. The van der Waals surface area contributed by atoms with Crippen LogP contribution in [0.3, 0.4) is 0 Å². The third kappa shape index (κ3) is 9.16. The molecule has 246 valence electrons. The van der Waals surface area contributed by atoms with Crippen LogP contribution in [0.15, 0.2) is 79.1 Å². The Hall–Kier alpha value is -4.76. The first-order chi connectivity index (χ1) is 23.1. The van der Waals surface area contributed by atoms with Crippen molar-refractivity contribution in [1.29, 1.82) is 0 Å². The van der Waals surface area contributed by atoms with Gasteiger partial charge in [0.2, 0.25) is 0 Å². The number of alkyl halides is 1. The molecule has 3 amide bonds. The fourth-order valence-corrected chi connectivity index (χ4v) is 4.50. The van der Waals surface area contributed by atoms with Gasteiger partial charge in [-0.15, -0.1) is 0 Å². The zero-order chi connectivity index (χ0) is 34.7. The van der Waals surface area contributed by atoms with Crippen molar-refractivity contribution in [3.63, 3.8) is 0 Å². The summed E-state index contributed by atoms with van der Waals surface area (Å²) in [4.78, 5) is 34.3. The number of amides is 3. The lowest BCUT2D eigenvalue weighted by atomic mass is 9.92. The van der Waals surface area contributed by atoms with Gasteiger partial charge in [0.05, 0.1) is 24.2 Å². The van der Waals surface area contributed by atoms with Gasteiger partial charge in [0.1, 0.15) is 41.9 Å². The zero-order valence-corrected chi connectivity index (χ0v) is 29.0. The first-order valence-electron chi connectivity index (χ1n) is 15.2. The molecule has 5 aromatic rings. The highest BCUT2D eigenvalue weighted by Gasteiger charge is 2.22. The van der Waals surface area contributed by atoms with Crippen LogP contribution >= 0.6 is 22.6 Å². The molecule has 0 aliphatic heterocycles. The lowest BCUT2D eigenvalue weighted by molar-refractivity contribution is -0.119. The molecule has 0 fully saturated rings. The third-order valence-electron chi connectivity index (χ3n) is 6.78. The summed E-state index contributed by atoms with van der Waals surface area (Å²) in [6, 6.07) is 19.6. The molecule has 0 aliphatic rings. The average molecular weight is 753 g/mol. The molecule has 0 unspecified atom stereocenters. The third-order valence-corrected chi connectivity index (χ3v) is 6.78. The SMILES string of the molecule is COCC(=O)Nc1cc(COc2ccc(NC(=O)Nc3cc(C(C)(C)C)nn3-c3ccc(OC)cc3)c3cccnc23)ccn1.[2H]CI. The molecular formula is C34H38IN7O5. The molecule has 3 heterocycles. The van der Waals surface area contributed by atoms with Gasteiger partial charge in [0, 0.05) is 37.7 Å². The predicted molar refractivity (Wildman–Crippen MR) is 192 cm³/mol. The highest BCUT2D eigenvalue weighted by molar-refractivity contribution is 14.1. The van der Waals surface area contributed by atoms with Crippen LogP contribution in [0.1, 0.15) is 33.4 Å². The lowest BCUT2D eigenvalue weighted by Gasteiger charge is -2.14. The summed E-state index contributed by atoms with van der Waals surface area (Å²) in [6.45, 7) is 6.33. The topological polar surface area (TPSA) is 142 Å². The summed E-state index contributed by atoms with van der Waals surface area (Å²) in [7, 11) is 3.06. The second-order valence-electron chi connectivity index (χ2n) is 11.2. The van der Waals surface area contributed by atoms with Crippen molar-refractivity contribution in [2.45, 2.75) is 32.8 Å². The van der Waals surface area contributed by atoms with E-state index in [1.165, 1.54) is 7.11 Å². The van der Waals surface area contributed by atoms with Crippen molar-refractivity contribution in [3.8, 4) is 17.2 Å². The summed E-state index contributed by atoms with van der Waals surface area (Å²) in [6.07, 6.45) is 3.25. The van der Waals surface area contributed by atoms with Crippen LogP contribution in [0, 0.1) is 0 Å². The van der Waals surface area contributed by atoms with E-state index in [1.54, 1.807) is 54.5 Å². The van der Waals surface area contributed by atoms with Gasteiger partial charge in [0.15, 0.2) is 0 Å². The monoisotopic (exact) mass is 752 g/mol. The Morgan fingerprint density at radius 1 is 0.957 bits per heavy atom. The minimum atomic E-state index is -0.441. The fourth-order valence-electron chi connectivity index (χ4n) is 4.50. The van der Waals surface area contributed by atoms with E-state index in [2.05, 4.69) is 46.7 Å². The molecule has 47 heavy (non-hydrogen) atoms. The number of nitrogens with zero attached hydrogens (tertiary/aromatic N) is 4. The van der Waals surface area contributed by atoms with Crippen LogP contribution in [0.4, 0.5) is 22.1 Å². The number of aromatic nitrogens is 4. The second-order valence-corrected chi connectivity index (χ2v) is 11.2. The number of halogens is 1. The van der Waals surface area contributed by atoms with E-state index in [0.717, 1.165) is 22.7 Å². The molecule has 3 N–H and O–H groups in total. The maximum atomic E-state index is 13.3. The lowest BCUT2D eigenvalue weighted by Crippen LogP contribution is -2.21. The van der Waals surface area contributed by atoms with Crippen LogP contribution in [0.2, 0.25) is 0 Å². The largest absolute Gasteiger partial charge is 0.497 e. The molecule has 12 nitrogen and oxygen atoms in total. The Balaban J connectivity index is 0.00000167. The van der Waals surface area contributed by atoms with Gasteiger partial charge in [-0.1, -0.05) is 43.4 Å². The minimum Gasteiger partial charge on any atom is -0.497 e. The number of methoxy groups -OCH3 is 2. The Kier molecular flexibility index (Phi) is 11.6. The first-order valence-corrected chi connectivity index (χ1v) is 16.0. The normalized spacial score (nSPS) is 11.1. The smallest absolute Gasteiger partial charge is 0.324 e. The van der Waals surface area contributed by atoms with E-state index in [1.807, 2.05) is 59.0 Å². The molecule has 0 saturated heterocycles. The van der Waals surface area contributed by atoms with Crippen LogP contribution in [-0.2, 0) is 21.6 Å². The van der Waals surface area contributed by atoms with Crippen LogP contribution in [-0.4, -0.2) is 57.4 Å². The number of urea groups is 1. The van der Waals surface area contributed by atoms with Crippen molar-refractivity contribution >= 4 is 62.8 Å². The van der Waals surface area contributed by atoms with E-state index < -0.39 is 6.03 Å². The number of nitrogens with one attached hydrogen (secondary N) is 3. The Morgan fingerprint density at radius 2 is 1.72 bits per heavy atom. The van der Waals surface area contributed by atoms with E-state index in [0.29, 0.717) is 38.9 Å². The van der Waals surface area contributed by atoms with Crippen molar-refractivity contribution < 1.29 is 25.2 Å². The molecule has 2 aromatic carbocycles. The molecule has 0 bridgehead atoms. The summed E-state index contributed by atoms with van der Waals surface area (Å²) < 4.78 is 24.1. The number of carbonyl (C=O) groups excluding carboxylic acids is 2. The van der Waals surface area contributed by atoms with Gasteiger partial charge >= 0.3 is 6.03 Å². The van der Waals surface area contributed by atoms with Gasteiger partial charge in [-0.25, -0.2) is 14.5 Å².